The van der Waals surface area contributed by atoms with Crippen LogP contribution in [0.1, 0.15) is 22.3 Å². The lowest BCUT2D eigenvalue weighted by Gasteiger charge is -2.32. The fourth-order valence-electron chi connectivity index (χ4n) is 10.7. The second kappa shape index (κ2) is 13.0. The normalized spacial score (nSPS) is 13.0. The van der Waals surface area contributed by atoms with E-state index >= 15 is 0 Å². The smallest absolute Gasteiger partial charge is 0.143 e. The summed E-state index contributed by atoms with van der Waals surface area (Å²) in [7, 11) is 0. The SMILES string of the molecule is c1ccc(-c2cccc(-c3cc4c5ccc(N(c6ccccc6)c6ccc7c(c6)C6(c8ccccc8-c8ccccc86)c6ccccc6-7)cc5oc4c4ccccc34)c2)cc1. The largest absolute Gasteiger partial charge is 0.455 e. The molecule has 0 fully saturated rings. The molecular weight excluding hydrogens is 739 g/mol. The fourth-order valence-corrected chi connectivity index (χ4v) is 10.7. The van der Waals surface area contributed by atoms with Crippen molar-refractivity contribution in [2.24, 2.45) is 0 Å². The van der Waals surface area contributed by atoms with Crippen LogP contribution in [0.2, 0.25) is 0 Å². The second-order valence-corrected chi connectivity index (χ2v) is 16.4. The van der Waals surface area contributed by atoms with E-state index < -0.39 is 5.41 Å². The van der Waals surface area contributed by atoms with Gasteiger partial charge in [-0.2, -0.15) is 0 Å². The summed E-state index contributed by atoms with van der Waals surface area (Å²) in [6, 6.07) is 82.0. The van der Waals surface area contributed by atoms with Gasteiger partial charge < -0.3 is 9.32 Å². The Hall–Kier alpha value is -7.94. The third-order valence-electron chi connectivity index (χ3n) is 13.3. The number of nitrogens with zero attached hydrogens (tertiary/aromatic N) is 1. The van der Waals surface area contributed by atoms with Gasteiger partial charge in [-0.15, -0.1) is 0 Å². The lowest BCUT2D eigenvalue weighted by Crippen LogP contribution is -2.26. The molecule has 0 amide bonds. The van der Waals surface area contributed by atoms with Gasteiger partial charge in [-0.1, -0.05) is 170 Å². The summed E-state index contributed by atoms with van der Waals surface area (Å²) in [6.07, 6.45) is 0. The van der Waals surface area contributed by atoms with Gasteiger partial charge in [0, 0.05) is 39.3 Å². The van der Waals surface area contributed by atoms with E-state index in [-0.39, 0.29) is 0 Å². The average molecular weight is 776 g/mol. The third kappa shape index (κ3) is 4.85. The van der Waals surface area contributed by atoms with E-state index in [0.717, 1.165) is 44.4 Å². The van der Waals surface area contributed by atoms with E-state index in [1.54, 1.807) is 0 Å². The Kier molecular flexibility index (Phi) is 7.26. The van der Waals surface area contributed by atoms with Gasteiger partial charge in [-0.3, -0.25) is 0 Å². The summed E-state index contributed by atoms with van der Waals surface area (Å²) in [5.41, 5.74) is 19.9. The number of furan rings is 1. The molecule has 61 heavy (non-hydrogen) atoms. The number of rotatable bonds is 5. The van der Waals surface area contributed by atoms with E-state index in [0.29, 0.717) is 0 Å². The summed E-state index contributed by atoms with van der Waals surface area (Å²) >= 11 is 0. The first-order valence-corrected chi connectivity index (χ1v) is 21.1. The molecule has 0 aliphatic heterocycles. The Bertz CT molecular complexity index is 3480. The van der Waals surface area contributed by atoms with Crippen LogP contribution in [0.25, 0.3) is 77.2 Å². The van der Waals surface area contributed by atoms with Crippen molar-refractivity contribution in [2.45, 2.75) is 5.41 Å². The van der Waals surface area contributed by atoms with Crippen molar-refractivity contribution in [3.63, 3.8) is 0 Å². The van der Waals surface area contributed by atoms with Crippen LogP contribution in [0, 0.1) is 0 Å². The highest BCUT2D eigenvalue weighted by atomic mass is 16.3. The van der Waals surface area contributed by atoms with Crippen molar-refractivity contribution in [3.05, 3.63) is 247 Å². The van der Waals surface area contributed by atoms with Crippen LogP contribution >= 0.6 is 0 Å². The van der Waals surface area contributed by atoms with E-state index in [2.05, 4.69) is 229 Å². The van der Waals surface area contributed by atoms with E-state index in [4.69, 9.17) is 4.42 Å². The summed E-state index contributed by atoms with van der Waals surface area (Å²) < 4.78 is 6.96. The molecule has 0 saturated heterocycles. The van der Waals surface area contributed by atoms with Gasteiger partial charge >= 0.3 is 0 Å². The van der Waals surface area contributed by atoms with Crippen LogP contribution in [-0.4, -0.2) is 0 Å². The maximum Gasteiger partial charge on any atom is 0.143 e. The van der Waals surface area contributed by atoms with Crippen LogP contribution in [0.4, 0.5) is 17.1 Å². The first-order chi connectivity index (χ1) is 30.3. The monoisotopic (exact) mass is 775 g/mol. The molecule has 1 heterocycles. The van der Waals surface area contributed by atoms with Crippen LogP contribution in [0.5, 0.6) is 0 Å². The molecule has 0 bridgehead atoms. The molecular formula is C59H37NO. The van der Waals surface area contributed by atoms with Crippen molar-refractivity contribution in [3.8, 4) is 44.5 Å². The molecule has 0 atom stereocenters. The highest BCUT2D eigenvalue weighted by Gasteiger charge is 2.51. The Morgan fingerprint density at radius 2 is 0.836 bits per heavy atom. The first kappa shape index (κ1) is 34.0. The molecule has 11 aromatic rings. The Labute approximate surface area is 354 Å². The molecule has 1 aromatic heterocycles. The lowest BCUT2D eigenvalue weighted by atomic mass is 9.70. The standard InChI is InChI=1S/C59H37NO/c1-3-16-38(17-4-1)39-18-15-19-40(34-39)51-37-52-49-33-31-43(36-57(49)61-58(52)50-26-8-7-22-44(50)51)60(41-20-5-2-6-21-41)42-30-32-48-47-25-11-14-29-55(47)59(56(48)35-42)53-27-12-9-23-45(53)46-24-10-13-28-54(46)59/h1-37H. The molecule has 284 valence electrons. The van der Waals surface area contributed by atoms with Crippen molar-refractivity contribution < 1.29 is 4.42 Å². The number of hydrogen-bond donors (Lipinski definition) is 0. The summed E-state index contributed by atoms with van der Waals surface area (Å²) in [5, 5.41) is 4.50. The number of anilines is 3. The third-order valence-corrected chi connectivity index (χ3v) is 13.3. The number of para-hydroxylation sites is 1. The van der Waals surface area contributed by atoms with Crippen molar-refractivity contribution in [2.75, 3.05) is 4.90 Å². The van der Waals surface area contributed by atoms with Gasteiger partial charge in [-0.05, 0) is 121 Å². The molecule has 0 unspecified atom stereocenters. The number of hydrogen-bond acceptors (Lipinski definition) is 2. The average Bonchev–Trinajstić information content (AvgIpc) is 3.96. The first-order valence-electron chi connectivity index (χ1n) is 21.1. The molecule has 2 nitrogen and oxygen atoms in total. The molecule has 2 heteroatoms. The van der Waals surface area contributed by atoms with Crippen LogP contribution in [-0.2, 0) is 5.41 Å². The highest BCUT2D eigenvalue weighted by molar-refractivity contribution is 6.19. The van der Waals surface area contributed by atoms with Gasteiger partial charge in [0.25, 0.3) is 0 Å². The molecule has 2 aliphatic carbocycles. The number of fused-ring (bicyclic) bond motifs is 15. The van der Waals surface area contributed by atoms with Gasteiger partial charge in [-0.25, -0.2) is 0 Å². The quantitative estimate of drug-likeness (QED) is 0.173. The molecule has 1 spiro atoms. The second-order valence-electron chi connectivity index (χ2n) is 16.4. The minimum atomic E-state index is -0.431. The molecule has 0 saturated carbocycles. The summed E-state index contributed by atoms with van der Waals surface area (Å²) in [4.78, 5) is 2.38. The van der Waals surface area contributed by atoms with Gasteiger partial charge in [0.2, 0.25) is 0 Å². The highest BCUT2D eigenvalue weighted by Crippen LogP contribution is 2.63. The Morgan fingerprint density at radius 3 is 1.54 bits per heavy atom. The van der Waals surface area contributed by atoms with Crippen molar-refractivity contribution in [1.82, 2.24) is 0 Å². The van der Waals surface area contributed by atoms with E-state index in [1.807, 2.05) is 0 Å². The minimum absolute atomic E-state index is 0.431. The summed E-state index contributed by atoms with van der Waals surface area (Å²) in [6.45, 7) is 0. The zero-order valence-electron chi connectivity index (χ0n) is 33.2. The topological polar surface area (TPSA) is 16.4 Å². The minimum Gasteiger partial charge on any atom is -0.455 e. The van der Waals surface area contributed by atoms with Crippen LogP contribution in [0.15, 0.2) is 229 Å². The zero-order valence-corrected chi connectivity index (χ0v) is 33.2. The summed E-state index contributed by atoms with van der Waals surface area (Å²) in [5.74, 6) is 0. The van der Waals surface area contributed by atoms with E-state index in [1.165, 1.54) is 72.1 Å². The molecule has 2 aliphatic rings. The lowest BCUT2D eigenvalue weighted by molar-refractivity contribution is 0.673. The molecule has 0 radical (unpaired) electrons. The predicted octanol–water partition coefficient (Wildman–Crippen LogP) is 15.9. The molecule has 10 aromatic carbocycles. The fraction of sp³-hybridized carbons (Fsp3) is 0.0169. The molecule has 0 N–H and O–H groups in total. The Morgan fingerprint density at radius 1 is 0.295 bits per heavy atom. The van der Waals surface area contributed by atoms with Crippen molar-refractivity contribution in [1.29, 1.82) is 0 Å². The van der Waals surface area contributed by atoms with Crippen LogP contribution in [0.3, 0.4) is 0 Å². The van der Waals surface area contributed by atoms with Crippen LogP contribution < -0.4 is 4.90 Å². The van der Waals surface area contributed by atoms with Gasteiger partial charge in [0.1, 0.15) is 11.2 Å². The molecule has 13 rings (SSSR count). The van der Waals surface area contributed by atoms with Crippen molar-refractivity contribution >= 4 is 49.8 Å². The van der Waals surface area contributed by atoms with E-state index in [9.17, 15) is 0 Å². The van der Waals surface area contributed by atoms with Gasteiger partial charge in [0.15, 0.2) is 0 Å². The number of benzene rings is 10. The Balaban J connectivity index is 1.00. The maximum atomic E-state index is 6.96. The predicted molar refractivity (Wildman–Crippen MR) is 253 cm³/mol. The van der Waals surface area contributed by atoms with Gasteiger partial charge in [0.05, 0.1) is 5.41 Å². The maximum absolute atomic E-state index is 6.96. The zero-order chi connectivity index (χ0) is 40.1.